The molecule has 11 heteroatoms. The Morgan fingerprint density at radius 1 is 0.889 bits per heavy atom. The molecule has 0 atom stereocenters. The smallest absolute Gasteiger partial charge is 0.395 e. The summed E-state index contributed by atoms with van der Waals surface area (Å²) in [5, 5.41) is 43.1. The largest absolute Gasteiger partial charge is 0.466 e. The van der Waals surface area contributed by atoms with Crippen LogP contribution in [0.3, 0.4) is 0 Å². The SMILES string of the molecule is O=P(O)(O)O.OCC(O)CO.OCCNCCO. The van der Waals surface area contributed by atoms with Crippen molar-refractivity contribution in [3.8, 4) is 0 Å². The van der Waals surface area contributed by atoms with Gasteiger partial charge in [-0.3, -0.25) is 0 Å². The molecule has 0 saturated heterocycles. The third-order valence-electron chi connectivity index (χ3n) is 0.999. The number of hydrogen-bond donors (Lipinski definition) is 9. The van der Waals surface area contributed by atoms with Crippen LogP contribution < -0.4 is 5.32 Å². The number of rotatable bonds is 6. The summed E-state index contributed by atoms with van der Waals surface area (Å²) in [7, 11) is -4.64. The third kappa shape index (κ3) is 56.7. The van der Waals surface area contributed by atoms with E-state index in [4.69, 9.17) is 44.8 Å². The lowest BCUT2D eigenvalue weighted by Crippen LogP contribution is -2.21. The van der Waals surface area contributed by atoms with E-state index in [2.05, 4.69) is 5.32 Å². The quantitative estimate of drug-likeness (QED) is 0.172. The summed E-state index contributed by atoms with van der Waals surface area (Å²) < 4.78 is 8.88. The van der Waals surface area contributed by atoms with E-state index in [9.17, 15) is 0 Å². The van der Waals surface area contributed by atoms with Gasteiger partial charge in [0.05, 0.1) is 26.4 Å². The van der Waals surface area contributed by atoms with E-state index in [1.807, 2.05) is 0 Å². The summed E-state index contributed by atoms with van der Waals surface area (Å²) >= 11 is 0. The molecule has 0 saturated carbocycles. The van der Waals surface area contributed by atoms with Gasteiger partial charge in [0.15, 0.2) is 0 Å². The maximum atomic E-state index is 8.88. The highest BCUT2D eigenvalue weighted by Gasteiger charge is 2.00. The van der Waals surface area contributed by atoms with Crippen molar-refractivity contribution in [2.75, 3.05) is 39.5 Å². The summed E-state index contributed by atoms with van der Waals surface area (Å²) in [5.41, 5.74) is 0. The fraction of sp³-hybridized carbons (Fsp3) is 1.00. The monoisotopic (exact) mass is 295 g/mol. The molecule has 0 aliphatic heterocycles. The van der Waals surface area contributed by atoms with Gasteiger partial charge in [0.25, 0.3) is 0 Å². The minimum absolute atomic E-state index is 0.139. The highest BCUT2D eigenvalue weighted by atomic mass is 31.2. The van der Waals surface area contributed by atoms with Gasteiger partial charge < -0.3 is 45.5 Å². The van der Waals surface area contributed by atoms with Gasteiger partial charge in [-0.25, -0.2) is 4.57 Å². The molecule has 0 aliphatic rings. The van der Waals surface area contributed by atoms with Gasteiger partial charge in [-0.1, -0.05) is 0 Å². The lowest BCUT2D eigenvalue weighted by atomic mass is 10.4. The molecule has 0 rings (SSSR count). The molecule has 0 aromatic rings. The first-order valence-corrected chi connectivity index (χ1v) is 6.39. The maximum Gasteiger partial charge on any atom is 0.466 e. The molecule has 114 valence electrons. The Hall–Kier alpha value is -0.130. The van der Waals surface area contributed by atoms with Crippen LogP contribution in [0.15, 0.2) is 0 Å². The molecule has 18 heavy (non-hydrogen) atoms. The maximum absolute atomic E-state index is 8.88. The van der Waals surface area contributed by atoms with Gasteiger partial charge in [0.1, 0.15) is 6.10 Å². The average Bonchev–Trinajstić information content (AvgIpc) is 2.27. The number of aliphatic hydroxyl groups is 5. The Morgan fingerprint density at radius 2 is 1.17 bits per heavy atom. The summed E-state index contributed by atoms with van der Waals surface area (Å²) in [6.07, 6.45) is -0.954. The van der Waals surface area contributed by atoms with E-state index in [0.29, 0.717) is 13.1 Å². The summed E-state index contributed by atoms with van der Waals surface area (Å²) in [6.45, 7) is 0.689. The average molecular weight is 295 g/mol. The molecule has 0 aliphatic carbocycles. The van der Waals surface area contributed by atoms with Crippen LogP contribution in [0.2, 0.25) is 0 Å². The molecule has 0 amide bonds. The van der Waals surface area contributed by atoms with Crippen molar-refractivity contribution < 1.29 is 44.8 Å². The Bertz CT molecular complexity index is 171. The normalized spacial score (nSPS) is 10.3. The summed E-state index contributed by atoms with van der Waals surface area (Å²) in [5.74, 6) is 0. The molecule has 9 N–H and O–H groups in total. The Balaban J connectivity index is -0.000000190. The lowest BCUT2D eigenvalue weighted by Gasteiger charge is -1.96. The van der Waals surface area contributed by atoms with Crippen molar-refractivity contribution in [2.24, 2.45) is 0 Å². The van der Waals surface area contributed by atoms with Crippen molar-refractivity contribution in [1.82, 2.24) is 5.32 Å². The van der Waals surface area contributed by atoms with Gasteiger partial charge in [-0.2, -0.15) is 0 Å². The second kappa shape index (κ2) is 16.9. The van der Waals surface area contributed by atoms with Gasteiger partial charge in [-0.05, 0) is 0 Å². The van der Waals surface area contributed by atoms with Gasteiger partial charge in [0, 0.05) is 13.1 Å². The predicted molar refractivity (Wildman–Crippen MR) is 61.5 cm³/mol. The van der Waals surface area contributed by atoms with Crippen LogP contribution in [-0.4, -0.2) is 85.8 Å². The molecule has 0 bridgehead atoms. The number of phosphoric acid groups is 1. The van der Waals surface area contributed by atoms with Crippen LogP contribution in [-0.2, 0) is 4.57 Å². The zero-order valence-electron chi connectivity index (χ0n) is 9.75. The van der Waals surface area contributed by atoms with Gasteiger partial charge in [-0.15, -0.1) is 0 Å². The Labute approximate surface area is 104 Å². The van der Waals surface area contributed by atoms with Crippen molar-refractivity contribution >= 4 is 7.82 Å². The topological polar surface area (TPSA) is 191 Å². The van der Waals surface area contributed by atoms with E-state index in [1.54, 1.807) is 0 Å². The Morgan fingerprint density at radius 3 is 1.28 bits per heavy atom. The fourth-order valence-corrected chi connectivity index (χ4v) is 0.341. The standard InChI is InChI=1S/C4H11NO2.C3H8O3.H3O4P/c6-3-1-5-2-4-7;4-1-3(6)2-5;1-5(2,3)4/h5-7H,1-4H2;3-6H,1-2H2;(H3,1,2,3,4). The second-order valence-electron chi connectivity index (χ2n) is 2.73. The molecule has 0 aromatic heterocycles. The zero-order chi connectivity index (χ0) is 15.0. The van der Waals surface area contributed by atoms with Gasteiger partial charge in [0.2, 0.25) is 0 Å². The molecular weight excluding hydrogens is 273 g/mol. The lowest BCUT2D eigenvalue weighted by molar-refractivity contribution is 0.0450. The van der Waals surface area contributed by atoms with E-state index >= 15 is 0 Å². The van der Waals surface area contributed by atoms with Crippen molar-refractivity contribution in [3.05, 3.63) is 0 Å². The molecular formula is C7H22NO9P. The molecule has 0 unspecified atom stereocenters. The van der Waals surface area contributed by atoms with Crippen LogP contribution in [0, 0.1) is 0 Å². The molecule has 0 spiro atoms. The van der Waals surface area contributed by atoms with E-state index in [1.165, 1.54) is 0 Å². The van der Waals surface area contributed by atoms with E-state index in [-0.39, 0.29) is 26.4 Å². The molecule has 10 nitrogen and oxygen atoms in total. The van der Waals surface area contributed by atoms with Crippen LogP contribution in [0.4, 0.5) is 0 Å². The molecule has 0 radical (unpaired) electrons. The highest BCUT2D eigenvalue weighted by Crippen LogP contribution is 2.25. The first-order valence-electron chi connectivity index (χ1n) is 4.83. The van der Waals surface area contributed by atoms with Crippen LogP contribution >= 0.6 is 7.82 Å². The number of nitrogens with one attached hydrogen (secondary N) is 1. The summed E-state index contributed by atoms with van der Waals surface area (Å²) in [6, 6.07) is 0. The van der Waals surface area contributed by atoms with Crippen molar-refractivity contribution in [3.63, 3.8) is 0 Å². The minimum Gasteiger partial charge on any atom is -0.395 e. The fourth-order valence-electron chi connectivity index (χ4n) is 0.341. The minimum atomic E-state index is -4.64. The van der Waals surface area contributed by atoms with Crippen LogP contribution in [0.25, 0.3) is 0 Å². The van der Waals surface area contributed by atoms with Crippen LogP contribution in [0.1, 0.15) is 0 Å². The second-order valence-corrected chi connectivity index (χ2v) is 3.76. The first-order chi connectivity index (χ1) is 8.22. The molecule has 0 heterocycles. The zero-order valence-corrected chi connectivity index (χ0v) is 10.6. The van der Waals surface area contributed by atoms with E-state index < -0.39 is 13.9 Å². The van der Waals surface area contributed by atoms with Crippen molar-refractivity contribution in [1.29, 1.82) is 0 Å². The predicted octanol–water partition coefficient (Wildman–Crippen LogP) is -4.04. The van der Waals surface area contributed by atoms with Crippen molar-refractivity contribution in [2.45, 2.75) is 6.10 Å². The van der Waals surface area contributed by atoms with Gasteiger partial charge >= 0.3 is 7.82 Å². The summed E-state index contributed by atoms with van der Waals surface area (Å²) in [4.78, 5) is 21.6. The Kier molecular flexibility index (Phi) is 21.6. The molecule has 0 fully saturated rings. The highest BCUT2D eigenvalue weighted by molar-refractivity contribution is 7.45. The first kappa shape index (κ1) is 23.0. The van der Waals surface area contributed by atoms with E-state index in [0.717, 1.165) is 0 Å². The molecule has 0 aromatic carbocycles. The van der Waals surface area contributed by atoms with Crippen LogP contribution in [0.5, 0.6) is 0 Å². The number of aliphatic hydroxyl groups excluding tert-OH is 5. The third-order valence-corrected chi connectivity index (χ3v) is 0.999. The number of hydrogen-bond acceptors (Lipinski definition) is 7.